The van der Waals surface area contributed by atoms with Crippen LogP contribution in [0.4, 0.5) is 0 Å². The molecule has 0 saturated carbocycles. The lowest BCUT2D eigenvalue weighted by Crippen LogP contribution is -2.30. The van der Waals surface area contributed by atoms with Crippen molar-refractivity contribution in [3.8, 4) is 0 Å². The highest BCUT2D eigenvalue weighted by Gasteiger charge is 2.06. The van der Waals surface area contributed by atoms with Crippen LogP contribution in [0.15, 0.2) is 12.7 Å². The van der Waals surface area contributed by atoms with Gasteiger partial charge < -0.3 is 5.11 Å². The first-order chi connectivity index (χ1) is 5.26. The van der Waals surface area contributed by atoms with Gasteiger partial charge >= 0.3 is 0 Å². The number of carbonyl (C=O) groups excluding carboxylic acids is 1. The number of likely N-dealkylation sites (N-methyl/N-ethyl adjacent to an activating group) is 1. The Bertz CT molecular complexity index is 136. The van der Waals surface area contributed by atoms with Gasteiger partial charge in [-0.2, -0.15) is 0 Å². The quantitative estimate of drug-likeness (QED) is 0.452. The summed E-state index contributed by atoms with van der Waals surface area (Å²) in [5.74, 6) is -0.291. The Balaban J connectivity index is 3.74. The maximum absolute atomic E-state index is 10.9. The molecule has 0 aliphatic rings. The van der Waals surface area contributed by atoms with Crippen molar-refractivity contribution in [3.63, 3.8) is 0 Å². The zero-order valence-electron chi connectivity index (χ0n) is 6.62. The van der Waals surface area contributed by atoms with Crippen molar-refractivity contribution in [1.29, 1.82) is 0 Å². The fourth-order valence-corrected chi connectivity index (χ4v) is 0.564. The van der Waals surface area contributed by atoms with Gasteiger partial charge in [0, 0.05) is 6.54 Å². The van der Waals surface area contributed by atoms with Gasteiger partial charge in [-0.15, -0.1) is 0 Å². The smallest absolute Gasteiger partial charge is 0.269 e. The van der Waals surface area contributed by atoms with Gasteiger partial charge in [-0.05, 0) is 13.0 Å². The van der Waals surface area contributed by atoms with Gasteiger partial charge in [0.05, 0.1) is 13.2 Å². The summed E-state index contributed by atoms with van der Waals surface area (Å²) < 4.78 is 0. The van der Waals surface area contributed by atoms with Crippen LogP contribution >= 0.6 is 0 Å². The molecule has 0 atom stereocenters. The lowest BCUT2D eigenvalue weighted by atomic mass is 10.5. The summed E-state index contributed by atoms with van der Waals surface area (Å²) in [5, 5.41) is 9.52. The predicted molar refractivity (Wildman–Crippen MR) is 40.6 cm³/mol. The van der Waals surface area contributed by atoms with Crippen LogP contribution in [0.1, 0.15) is 6.92 Å². The lowest BCUT2D eigenvalue weighted by molar-refractivity contribution is -0.182. The molecule has 0 bridgehead atoms. The molecule has 64 valence electrons. The maximum atomic E-state index is 10.9. The Morgan fingerprint density at radius 1 is 1.82 bits per heavy atom. The molecular formula is C7H13NO3. The number of rotatable bonds is 5. The summed E-state index contributed by atoms with van der Waals surface area (Å²) in [5.41, 5.74) is 0. The fraction of sp³-hybridized carbons (Fsp3) is 0.571. The number of carbonyl (C=O) groups is 1. The van der Waals surface area contributed by atoms with Crippen LogP contribution in [0.25, 0.3) is 0 Å². The zero-order valence-corrected chi connectivity index (χ0v) is 6.62. The Morgan fingerprint density at radius 2 is 2.45 bits per heavy atom. The number of nitrogens with zero attached hydrogens (tertiary/aromatic N) is 1. The Kier molecular flexibility index (Phi) is 5.42. The third kappa shape index (κ3) is 3.75. The van der Waals surface area contributed by atoms with Gasteiger partial charge in [-0.3, -0.25) is 9.63 Å². The van der Waals surface area contributed by atoms with E-state index in [1.54, 1.807) is 6.92 Å². The molecule has 4 heteroatoms. The van der Waals surface area contributed by atoms with Crippen molar-refractivity contribution in [1.82, 2.24) is 5.06 Å². The van der Waals surface area contributed by atoms with Crippen molar-refractivity contribution in [2.75, 3.05) is 19.8 Å². The summed E-state index contributed by atoms with van der Waals surface area (Å²) in [6.07, 6.45) is 1.17. The number of hydroxylamine groups is 2. The summed E-state index contributed by atoms with van der Waals surface area (Å²) in [7, 11) is 0. The van der Waals surface area contributed by atoms with Crippen molar-refractivity contribution < 1.29 is 14.7 Å². The molecule has 0 aliphatic carbocycles. The summed E-state index contributed by atoms with van der Waals surface area (Å²) in [6.45, 7) is 5.57. The van der Waals surface area contributed by atoms with Gasteiger partial charge in [-0.1, -0.05) is 6.58 Å². The molecule has 4 nitrogen and oxygen atoms in total. The van der Waals surface area contributed by atoms with E-state index in [4.69, 9.17) is 9.94 Å². The number of amides is 1. The molecule has 0 aromatic rings. The molecule has 11 heavy (non-hydrogen) atoms. The highest BCUT2D eigenvalue weighted by atomic mass is 16.7. The third-order valence-electron chi connectivity index (χ3n) is 1.05. The van der Waals surface area contributed by atoms with Crippen LogP contribution in [0.5, 0.6) is 0 Å². The van der Waals surface area contributed by atoms with Crippen molar-refractivity contribution >= 4 is 5.91 Å². The van der Waals surface area contributed by atoms with E-state index in [1.807, 2.05) is 0 Å². The summed E-state index contributed by atoms with van der Waals surface area (Å²) in [4.78, 5) is 15.7. The number of aliphatic hydroxyl groups excluding tert-OH is 1. The molecule has 1 amide bonds. The van der Waals surface area contributed by atoms with Crippen molar-refractivity contribution in [2.24, 2.45) is 0 Å². The normalized spacial score (nSPS) is 9.27. The maximum Gasteiger partial charge on any atom is 0.269 e. The lowest BCUT2D eigenvalue weighted by Gasteiger charge is -2.17. The van der Waals surface area contributed by atoms with E-state index < -0.39 is 0 Å². The van der Waals surface area contributed by atoms with Crippen LogP contribution < -0.4 is 0 Å². The van der Waals surface area contributed by atoms with Crippen molar-refractivity contribution in [3.05, 3.63) is 12.7 Å². The van der Waals surface area contributed by atoms with E-state index in [0.717, 1.165) is 5.06 Å². The van der Waals surface area contributed by atoms with E-state index in [2.05, 4.69) is 6.58 Å². The fourth-order valence-electron chi connectivity index (χ4n) is 0.564. The van der Waals surface area contributed by atoms with Crippen LogP contribution in [0.2, 0.25) is 0 Å². The molecule has 0 unspecified atom stereocenters. The van der Waals surface area contributed by atoms with E-state index in [0.29, 0.717) is 6.54 Å². The molecule has 0 aromatic carbocycles. The second-order valence-corrected chi connectivity index (χ2v) is 1.79. The minimum atomic E-state index is -0.291. The second-order valence-electron chi connectivity index (χ2n) is 1.79. The van der Waals surface area contributed by atoms with Gasteiger partial charge in [0.1, 0.15) is 0 Å². The minimum Gasteiger partial charge on any atom is -0.394 e. The van der Waals surface area contributed by atoms with E-state index in [1.165, 1.54) is 6.08 Å². The van der Waals surface area contributed by atoms with E-state index in [-0.39, 0.29) is 19.1 Å². The number of hydrogen-bond donors (Lipinski definition) is 1. The Hall–Kier alpha value is -0.870. The molecule has 0 heterocycles. The Morgan fingerprint density at radius 3 is 2.82 bits per heavy atom. The van der Waals surface area contributed by atoms with Gasteiger partial charge in [0.2, 0.25) is 0 Å². The van der Waals surface area contributed by atoms with Crippen LogP contribution in [-0.4, -0.2) is 35.8 Å². The van der Waals surface area contributed by atoms with Crippen LogP contribution in [-0.2, 0) is 9.63 Å². The van der Waals surface area contributed by atoms with E-state index >= 15 is 0 Å². The molecule has 0 spiro atoms. The topological polar surface area (TPSA) is 49.8 Å². The first kappa shape index (κ1) is 10.1. The minimum absolute atomic E-state index is 0.0963. The molecule has 0 saturated heterocycles. The molecule has 0 aromatic heterocycles. The summed E-state index contributed by atoms with van der Waals surface area (Å²) in [6, 6.07) is 0. The highest BCUT2D eigenvalue weighted by molar-refractivity contribution is 5.86. The SMILES string of the molecule is C=CC(=O)N(CC)OCCO. The van der Waals surface area contributed by atoms with Gasteiger partial charge in [0.25, 0.3) is 5.91 Å². The Labute approximate surface area is 66.0 Å². The second kappa shape index (κ2) is 5.88. The molecular weight excluding hydrogens is 146 g/mol. The average Bonchev–Trinajstić information content (AvgIpc) is 2.05. The third-order valence-corrected chi connectivity index (χ3v) is 1.05. The van der Waals surface area contributed by atoms with Gasteiger partial charge in [0.15, 0.2) is 0 Å². The molecule has 0 aliphatic heterocycles. The van der Waals surface area contributed by atoms with E-state index in [9.17, 15) is 4.79 Å². The standard InChI is InChI=1S/C7H13NO3/c1-3-7(10)8(4-2)11-6-5-9/h3,9H,1,4-6H2,2H3. The first-order valence-corrected chi connectivity index (χ1v) is 3.44. The monoisotopic (exact) mass is 159 g/mol. The molecule has 1 N–H and O–H groups in total. The van der Waals surface area contributed by atoms with Gasteiger partial charge in [-0.25, -0.2) is 5.06 Å². The largest absolute Gasteiger partial charge is 0.394 e. The summed E-state index contributed by atoms with van der Waals surface area (Å²) >= 11 is 0. The predicted octanol–water partition coefficient (Wildman–Crippen LogP) is -0.0552. The van der Waals surface area contributed by atoms with Crippen molar-refractivity contribution in [2.45, 2.75) is 6.92 Å². The van der Waals surface area contributed by atoms with Crippen LogP contribution in [0, 0.1) is 0 Å². The van der Waals surface area contributed by atoms with Crippen LogP contribution in [0.3, 0.4) is 0 Å². The molecule has 0 fully saturated rings. The highest BCUT2D eigenvalue weighted by Crippen LogP contribution is 1.91. The zero-order chi connectivity index (χ0) is 8.69. The molecule has 0 radical (unpaired) electrons. The average molecular weight is 159 g/mol. The number of aliphatic hydroxyl groups is 1. The first-order valence-electron chi connectivity index (χ1n) is 3.44. The molecule has 0 rings (SSSR count). The number of hydrogen-bond acceptors (Lipinski definition) is 3.